The molecule has 0 N–H and O–H groups in total. The van der Waals surface area contributed by atoms with Gasteiger partial charge in [0.25, 0.3) is 0 Å². The zero-order valence-electron chi connectivity index (χ0n) is 20.6. The van der Waals surface area contributed by atoms with E-state index in [0.29, 0.717) is 5.71 Å². The van der Waals surface area contributed by atoms with Crippen molar-refractivity contribution < 1.29 is 24.5 Å². The maximum Gasteiger partial charge on any atom is 0.216 e. The molecule has 191 valence electrons. The van der Waals surface area contributed by atoms with E-state index in [4.69, 9.17) is 9.40 Å². The Kier molecular flexibility index (Phi) is 7.07. The van der Waals surface area contributed by atoms with Crippen molar-refractivity contribution in [1.82, 2.24) is 15.0 Å². The summed E-state index contributed by atoms with van der Waals surface area (Å²) in [7, 11) is 0. The Hall–Kier alpha value is -3.74. The van der Waals surface area contributed by atoms with Gasteiger partial charge >= 0.3 is 0 Å². The van der Waals surface area contributed by atoms with Crippen LogP contribution in [0, 0.1) is 19.1 Å². The van der Waals surface area contributed by atoms with E-state index in [-0.39, 0.29) is 20.1 Å². The monoisotopic (exact) mass is 718 g/mol. The van der Waals surface area contributed by atoms with E-state index in [2.05, 4.69) is 52.4 Å². The van der Waals surface area contributed by atoms with Gasteiger partial charge in [-0.2, -0.15) is 11.3 Å². The molecule has 0 aliphatic carbocycles. The number of furan rings is 1. The Bertz CT molecular complexity index is 2010. The number of aromatic nitrogens is 3. The van der Waals surface area contributed by atoms with Crippen LogP contribution in [0.1, 0.15) is 5.69 Å². The number of rotatable bonds is 2. The molecule has 3 aromatic carbocycles. The van der Waals surface area contributed by atoms with Crippen molar-refractivity contribution in [2.45, 2.75) is 6.92 Å². The molecule has 1 radical (unpaired) electrons. The molecule has 4 nitrogen and oxygen atoms in total. The van der Waals surface area contributed by atoms with Crippen LogP contribution in [0.15, 0.2) is 102 Å². The Labute approximate surface area is 246 Å². The third-order valence-electron chi connectivity index (χ3n) is 6.24. The van der Waals surface area contributed by atoms with Crippen molar-refractivity contribution in [2.24, 2.45) is 0 Å². The number of aryl methyl sites for hydroxylation is 1. The number of fused-ring (bicyclic) bond motifs is 6. The van der Waals surface area contributed by atoms with Gasteiger partial charge in [-0.05, 0) is 36.9 Å². The Balaban J connectivity index is 0.000000180. The van der Waals surface area contributed by atoms with Crippen LogP contribution in [0.2, 0.25) is 0 Å². The van der Waals surface area contributed by atoms with E-state index in [1.54, 1.807) is 28.9 Å². The summed E-state index contributed by atoms with van der Waals surface area (Å²) in [4.78, 5) is 13.7. The zero-order chi connectivity index (χ0) is 25.5. The van der Waals surface area contributed by atoms with E-state index in [1.807, 2.05) is 67.6 Å². The van der Waals surface area contributed by atoms with Gasteiger partial charge in [0.05, 0.1) is 15.1 Å². The maximum atomic E-state index is 6.11. The predicted molar refractivity (Wildman–Crippen MR) is 158 cm³/mol. The first kappa shape index (κ1) is 25.5. The van der Waals surface area contributed by atoms with Gasteiger partial charge in [-0.15, -0.1) is 65.4 Å². The minimum atomic E-state index is 0. The first-order valence-corrected chi connectivity index (χ1v) is 13.7. The van der Waals surface area contributed by atoms with E-state index in [1.165, 1.54) is 14.1 Å². The number of pyridine rings is 2. The molecule has 8 aromatic rings. The van der Waals surface area contributed by atoms with E-state index < -0.39 is 0 Å². The first-order chi connectivity index (χ1) is 18.7. The summed E-state index contributed by atoms with van der Waals surface area (Å²) in [6.45, 7) is 1.97. The Morgan fingerprint density at radius 1 is 0.744 bits per heavy atom. The molecule has 0 amide bonds. The molecule has 0 aliphatic rings. The Morgan fingerprint density at radius 2 is 1.62 bits per heavy atom. The van der Waals surface area contributed by atoms with Gasteiger partial charge in [0, 0.05) is 52.5 Å². The molecule has 0 aliphatic heterocycles. The van der Waals surface area contributed by atoms with E-state index >= 15 is 0 Å². The molecule has 0 bridgehead atoms. The molecule has 8 rings (SSSR count). The van der Waals surface area contributed by atoms with Gasteiger partial charge in [-0.25, -0.2) is 4.98 Å². The molecular formula is C32H19IrN3OS2-2. The predicted octanol–water partition coefficient (Wildman–Crippen LogP) is 9.13. The molecule has 5 aromatic heterocycles. The summed E-state index contributed by atoms with van der Waals surface area (Å²) in [5.41, 5.74) is 6.42. The van der Waals surface area contributed by atoms with Crippen molar-refractivity contribution in [3.8, 4) is 21.8 Å². The van der Waals surface area contributed by atoms with Crippen LogP contribution in [-0.4, -0.2) is 15.0 Å². The van der Waals surface area contributed by atoms with Crippen LogP contribution < -0.4 is 0 Å². The fraction of sp³-hybridized carbons (Fsp3) is 0.0312. The number of thiophene rings is 1. The van der Waals surface area contributed by atoms with Crippen LogP contribution in [-0.2, 0) is 20.1 Å². The summed E-state index contributed by atoms with van der Waals surface area (Å²) in [6.07, 6.45) is 1.79. The maximum absolute atomic E-state index is 6.11. The normalized spacial score (nSPS) is 11.0. The van der Waals surface area contributed by atoms with Crippen molar-refractivity contribution in [3.63, 3.8) is 0 Å². The van der Waals surface area contributed by atoms with Crippen LogP contribution >= 0.6 is 22.7 Å². The molecule has 0 saturated heterocycles. The molecule has 0 saturated carbocycles. The summed E-state index contributed by atoms with van der Waals surface area (Å²) >= 11 is 3.49. The van der Waals surface area contributed by atoms with Crippen molar-refractivity contribution in [1.29, 1.82) is 0 Å². The average molecular weight is 718 g/mol. The summed E-state index contributed by atoms with van der Waals surface area (Å²) in [5.74, 6) is 0. The quantitative estimate of drug-likeness (QED) is 0.168. The number of nitrogens with zero attached hydrogens (tertiary/aromatic N) is 3. The summed E-state index contributed by atoms with van der Waals surface area (Å²) < 4.78 is 8.62. The fourth-order valence-electron chi connectivity index (χ4n) is 4.45. The molecule has 7 heteroatoms. The van der Waals surface area contributed by atoms with Crippen LogP contribution in [0.3, 0.4) is 0 Å². The minimum absolute atomic E-state index is 0. The second kappa shape index (κ2) is 10.8. The van der Waals surface area contributed by atoms with Gasteiger partial charge in [-0.1, -0.05) is 41.3 Å². The molecular weight excluding hydrogens is 699 g/mol. The molecule has 0 spiro atoms. The second-order valence-electron chi connectivity index (χ2n) is 8.75. The van der Waals surface area contributed by atoms with Crippen LogP contribution in [0.5, 0.6) is 0 Å². The number of hydrogen-bond acceptors (Lipinski definition) is 6. The largest absolute Gasteiger partial charge is 0.486 e. The number of hydrogen-bond donors (Lipinski definition) is 0. The van der Waals surface area contributed by atoms with Crippen molar-refractivity contribution in [2.75, 3.05) is 0 Å². The number of benzene rings is 3. The van der Waals surface area contributed by atoms with Crippen LogP contribution in [0.25, 0.3) is 63.5 Å². The molecule has 0 fully saturated rings. The van der Waals surface area contributed by atoms with Gasteiger partial charge in [0.15, 0.2) is 0 Å². The molecule has 0 unspecified atom stereocenters. The third-order valence-corrected chi connectivity index (χ3v) is 8.56. The first-order valence-electron chi connectivity index (χ1n) is 12.1. The van der Waals surface area contributed by atoms with Gasteiger partial charge < -0.3 is 9.40 Å². The zero-order valence-corrected chi connectivity index (χ0v) is 24.7. The smallest absolute Gasteiger partial charge is 0.216 e. The summed E-state index contributed by atoms with van der Waals surface area (Å²) in [5, 5.41) is 4.25. The topological polar surface area (TPSA) is 51.8 Å². The fourth-order valence-corrected chi connectivity index (χ4v) is 6.82. The second-order valence-corrected chi connectivity index (χ2v) is 11.1. The molecule has 5 heterocycles. The van der Waals surface area contributed by atoms with E-state index in [9.17, 15) is 0 Å². The Morgan fingerprint density at radius 3 is 2.46 bits per heavy atom. The third kappa shape index (κ3) is 4.79. The summed E-state index contributed by atoms with van der Waals surface area (Å²) in [6, 6.07) is 36.6. The van der Waals surface area contributed by atoms with Crippen molar-refractivity contribution in [3.05, 3.63) is 115 Å². The van der Waals surface area contributed by atoms with Crippen molar-refractivity contribution >= 4 is 64.4 Å². The van der Waals surface area contributed by atoms with Crippen LogP contribution in [0.4, 0.5) is 0 Å². The van der Waals surface area contributed by atoms with Gasteiger partial charge in [-0.3, -0.25) is 4.98 Å². The number of thiazole rings is 1. The van der Waals surface area contributed by atoms with Gasteiger partial charge in [0.1, 0.15) is 0 Å². The molecule has 0 atom stereocenters. The van der Waals surface area contributed by atoms with E-state index in [0.717, 1.165) is 49.4 Å². The average Bonchev–Trinajstić information content (AvgIpc) is 3.65. The molecule has 39 heavy (non-hydrogen) atoms. The van der Waals surface area contributed by atoms with Gasteiger partial charge in [0.2, 0.25) is 5.71 Å². The SMILES string of the molecule is Cc1ccc2c(n1)oc1c(-c3nc4c(s3)sc3ccccc34)[c-]ccc12.[Ir].[c-]1ccccc1-c1ccccn1. The minimum Gasteiger partial charge on any atom is -0.486 e. The standard InChI is InChI=1S/C21H11N2OS2.C11H8N.Ir/c1-11-9-10-13-12-6-4-7-15(18(12)24-19(13)22-11)20-23-17-14-5-2-3-8-16(14)25-21(17)26-20;1-2-6-10(7-3-1)11-8-4-5-9-12-11;/h2-6,8-10H,1H3;1-6,8-9H;/q2*-1;.